The highest BCUT2D eigenvalue weighted by Crippen LogP contribution is 2.25. The molecule has 0 aliphatic heterocycles. The third-order valence-electron chi connectivity index (χ3n) is 3.47. The molecule has 0 saturated heterocycles. The second kappa shape index (κ2) is 6.43. The smallest absolute Gasteiger partial charge is 0.309 e. The molecule has 1 aromatic carbocycles. The van der Waals surface area contributed by atoms with Crippen LogP contribution in [0.3, 0.4) is 0 Å². The molecule has 1 N–H and O–H groups in total. The topological polar surface area (TPSA) is 68.5 Å². The van der Waals surface area contributed by atoms with E-state index in [1.165, 1.54) is 6.07 Å². The van der Waals surface area contributed by atoms with Crippen LogP contribution in [-0.4, -0.2) is 22.8 Å². The first-order chi connectivity index (χ1) is 10.1. The van der Waals surface area contributed by atoms with Crippen LogP contribution in [0.25, 0.3) is 10.9 Å². The lowest BCUT2D eigenvalue weighted by Crippen LogP contribution is -2.18. The van der Waals surface area contributed by atoms with Crippen molar-refractivity contribution in [3.8, 4) is 5.75 Å². The fourth-order valence-corrected chi connectivity index (χ4v) is 2.49. The fourth-order valence-electron chi connectivity index (χ4n) is 2.49. The fraction of sp³-hybridized carbons (Fsp3) is 0.375. The van der Waals surface area contributed by atoms with Crippen molar-refractivity contribution in [1.29, 1.82) is 0 Å². The molecule has 0 amide bonds. The molecule has 0 atom stereocenters. The molecule has 0 unspecified atom stereocenters. The van der Waals surface area contributed by atoms with Crippen LogP contribution in [0.4, 0.5) is 0 Å². The molecular weight excluding hydrogens is 270 g/mol. The average molecular weight is 289 g/mol. The number of methoxy groups -OCH3 is 1. The summed E-state index contributed by atoms with van der Waals surface area (Å²) in [5.41, 5.74) is 1.02. The van der Waals surface area contributed by atoms with Crippen molar-refractivity contribution in [2.45, 2.75) is 32.7 Å². The van der Waals surface area contributed by atoms with E-state index >= 15 is 0 Å². The van der Waals surface area contributed by atoms with Crippen LogP contribution < -0.4 is 10.2 Å². The van der Waals surface area contributed by atoms with Gasteiger partial charge in [0.05, 0.1) is 19.0 Å². The van der Waals surface area contributed by atoms with E-state index in [0.717, 1.165) is 12.8 Å². The molecule has 1 aromatic heterocycles. The molecule has 0 spiro atoms. The van der Waals surface area contributed by atoms with Gasteiger partial charge in [-0.1, -0.05) is 19.4 Å². The minimum atomic E-state index is -0.950. The van der Waals surface area contributed by atoms with E-state index in [0.29, 0.717) is 28.9 Å². The molecular formula is C16H19NO4. The molecule has 112 valence electrons. The van der Waals surface area contributed by atoms with Gasteiger partial charge in [0, 0.05) is 23.7 Å². The van der Waals surface area contributed by atoms with Gasteiger partial charge in [-0.3, -0.25) is 9.59 Å². The molecule has 2 rings (SSSR count). The van der Waals surface area contributed by atoms with Gasteiger partial charge < -0.3 is 14.4 Å². The van der Waals surface area contributed by atoms with E-state index in [2.05, 4.69) is 6.92 Å². The first-order valence-electron chi connectivity index (χ1n) is 6.99. The lowest BCUT2D eigenvalue weighted by atomic mass is 10.1. The van der Waals surface area contributed by atoms with Crippen LogP contribution in [0.5, 0.6) is 5.75 Å². The van der Waals surface area contributed by atoms with Crippen LogP contribution in [0, 0.1) is 0 Å². The highest BCUT2D eigenvalue weighted by Gasteiger charge is 2.14. The summed E-state index contributed by atoms with van der Waals surface area (Å²) in [6.45, 7) is 2.73. The lowest BCUT2D eigenvalue weighted by molar-refractivity contribution is -0.136. The number of aryl methyl sites for hydroxylation is 1. The molecule has 0 bridgehead atoms. The molecule has 21 heavy (non-hydrogen) atoms. The van der Waals surface area contributed by atoms with Crippen molar-refractivity contribution in [2.24, 2.45) is 0 Å². The number of carbonyl (C=O) groups is 1. The molecule has 0 saturated carbocycles. The van der Waals surface area contributed by atoms with Crippen molar-refractivity contribution >= 4 is 16.9 Å². The van der Waals surface area contributed by atoms with E-state index in [9.17, 15) is 9.59 Å². The third-order valence-corrected chi connectivity index (χ3v) is 3.47. The van der Waals surface area contributed by atoms with E-state index in [1.54, 1.807) is 25.3 Å². The number of nitrogens with zero attached hydrogens (tertiary/aromatic N) is 1. The van der Waals surface area contributed by atoms with Crippen molar-refractivity contribution in [1.82, 2.24) is 4.57 Å². The first kappa shape index (κ1) is 15.1. The second-order valence-electron chi connectivity index (χ2n) is 4.93. The van der Waals surface area contributed by atoms with E-state index < -0.39 is 5.97 Å². The normalized spacial score (nSPS) is 10.8. The Bertz CT molecular complexity index is 718. The molecule has 5 heteroatoms. The van der Waals surface area contributed by atoms with Crippen molar-refractivity contribution in [3.05, 3.63) is 40.2 Å². The summed E-state index contributed by atoms with van der Waals surface area (Å²) in [4.78, 5) is 23.3. The van der Waals surface area contributed by atoms with Gasteiger partial charge >= 0.3 is 5.97 Å². The summed E-state index contributed by atoms with van der Waals surface area (Å²) >= 11 is 0. The molecule has 0 radical (unpaired) electrons. The number of aromatic nitrogens is 1. The summed E-state index contributed by atoms with van der Waals surface area (Å²) in [6, 6.07) is 6.72. The van der Waals surface area contributed by atoms with E-state index in [4.69, 9.17) is 9.84 Å². The molecule has 0 aliphatic carbocycles. The number of aliphatic carboxylic acids is 1. The van der Waals surface area contributed by atoms with Crippen molar-refractivity contribution in [3.63, 3.8) is 0 Å². The van der Waals surface area contributed by atoms with Crippen LogP contribution in [0.2, 0.25) is 0 Å². The van der Waals surface area contributed by atoms with Crippen LogP contribution in [-0.2, 0) is 17.8 Å². The third kappa shape index (κ3) is 3.07. The van der Waals surface area contributed by atoms with Crippen LogP contribution in [0.15, 0.2) is 29.1 Å². The number of para-hydroxylation sites is 1. The summed E-state index contributed by atoms with van der Waals surface area (Å²) in [5.74, 6) is -0.359. The van der Waals surface area contributed by atoms with Gasteiger partial charge in [0.25, 0.3) is 0 Å². The Balaban J connectivity index is 2.77. The maximum Gasteiger partial charge on any atom is 0.309 e. The summed E-state index contributed by atoms with van der Waals surface area (Å²) in [5, 5.41) is 9.61. The summed E-state index contributed by atoms with van der Waals surface area (Å²) in [6.07, 6.45) is 1.71. The first-order valence-corrected chi connectivity index (χ1v) is 6.99. The number of unbranched alkanes of at least 4 members (excludes halogenated alkanes) is 1. The minimum absolute atomic E-state index is 0.173. The van der Waals surface area contributed by atoms with Gasteiger partial charge in [-0.15, -0.1) is 0 Å². The monoisotopic (exact) mass is 289 g/mol. The Kier molecular flexibility index (Phi) is 4.62. The van der Waals surface area contributed by atoms with Crippen molar-refractivity contribution < 1.29 is 14.6 Å². The Labute approximate surface area is 122 Å². The Hall–Kier alpha value is -2.30. The molecule has 0 fully saturated rings. The SMILES string of the molecule is CCCCn1c(CC(=O)O)cc(=O)c2cccc(OC)c21. The molecule has 1 heterocycles. The zero-order chi connectivity index (χ0) is 15.4. The number of benzene rings is 1. The summed E-state index contributed by atoms with van der Waals surface area (Å²) < 4.78 is 7.25. The highest BCUT2D eigenvalue weighted by molar-refractivity contribution is 5.86. The Morgan fingerprint density at radius 1 is 1.38 bits per heavy atom. The van der Waals surface area contributed by atoms with Crippen LogP contribution >= 0.6 is 0 Å². The summed E-state index contributed by atoms with van der Waals surface area (Å²) in [7, 11) is 1.55. The van der Waals surface area contributed by atoms with Gasteiger partial charge in [-0.25, -0.2) is 0 Å². The predicted octanol–water partition coefficient (Wildman–Crippen LogP) is 2.44. The lowest BCUT2D eigenvalue weighted by Gasteiger charge is -2.17. The Morgan fingerprint density at radius 2 is 2.14 bits per heavy atom. The zero-order valence-corrected chi connectivity index (χ0v) is 12.3. The van der Waals surface area contributed by atoms with Gasteiger partial charge in [-0.05, 0) is 18.6 Å². The second-order valence-corrected chi connectivity index (χ2v) is 4.93. The molecule has 2 aromatic rings. The van der Waals surface area contributed by atoms with Gasteiger partial charge in [0.15, 0.2) is 5.43 Å². The standard InChI is InChI=1S/C16H19NO4/c1-3-4-8-17-11(10-15(19)20)9-13(18)12-6-5-7-14(21-2)16(12)17/h5-7,9H,3-4,8,10H2,1-2H3,(H,19,20). The predicted molar refractivity (Wildman–Crippen MR) is 81.0 cm³/mol. The number of pyridine rings is 1. The number of rotatable bonds is 6. The highest BCUT2D eigenvalue weighted by atomic mass is 16.5. The van der Waals surface area contributed by atoms with Crippen molar-refractivity contribution in [2.75, 3.05) is 7.11 Å². The molecule has 5 nitrogen and oxygen atoms in total. The average Bonchev–Trinajstić information content (AvgIpc) is 2.46. The Morgan fingerprint density at radius 3 is 2.76 bits per heavy atom. The van der Waals surface area contributed by atoms with Crippen LogP contribution in [0.1, 0.15) is 25.5 Å². The van der Waals surface area contributed by atoms with Gasteiger partial charge in [0.2, 0.25) is 0 Å². The van der Waals surface area contributed by atoms with Gasteiger partial charge in [-0.2, -0.15) is 0 Å². The van der Waals surface area contributed by atoms with E-state index in [1.807, 2.05) is 4.57 Å². The number of carboxylic acids is 1. The maximum absolute atomic E-state index is 12.2. The zero-order valence-electron chi connectivity index (χ0n) is 12.3. The number of hydrogen-bond acceptors (Lipinski definition) is 3. The maximum atomic E-state index is 12.2. The quantitative estimate of drug-likeness (QED) is 0.886. The number of hydrogen-bond donors (Lipinski definition) is 1. The minimum Gasteiger partial charge on any atom is -0.495 e. The molecule has 0 aliphatic rings. The number of fused-ring (bicyclic) bond motifs is 1. The number of carboxylic acid groups (broad SMARTS) is 1. The van der Waals surface area contributed by atoms with E-state index in [-0.39, 0.29) is 11.8 Å². The van der Waals surface area contributed by atoms with Gasteiger partial charge in [0.1, 0.15) is 5.75 Å². The number of ether oxygens (including phenoxy) is 1. The largest absolute Gasteiger partial charge is 0.495 e.